The van der Waals surface area contributed by atoms with Gasteiger partial charge >= 0.3 is 6.09 Å². The lowest BCUT2D eigenvalue weighted by Crippen LogP contribution is -2.39. The van der Waals surface area contributed by atoms with Gasteiger partial charge in [0.25, 0.3) is 0 Å². The summed E-state index contributed by atoms with van der Waals surface area (Å²) in [4.78, 5) is 14.7. The normalized spacial score (nSPS) is 17.4. The Bertz CT molecular complexity index is 1050. The summed E-state index contributed by atoms with van der Waals surface area (Å²) in [7, 11) is 0. The van der Waals surface area contributed by atoms with Crippen LogP contribution in [-0.4, -0.2) is 29.3 Å². The topological polar surface area (TPSA) is 49.8 Å². The van der Waals surface area contributed by atoms with Crippen molar-refractivity contribution in [3.8, 4) is 16.9 Å². The molecule has 4 heteroatoms. The highest BCUT2D eigenvalue weighted by molar-refractivity contribution is 5.79. The van der Waals surface area contributed by atoms with Crippen molar-refractivity contribution >= 4 is 6.09 Å². The fraction of sp³-hybridized carbons (Fsp3) is 0.240. The fourth-order valence-electron chi connectivity index (χ4n) is 4.73. The molecule has 2 aliphatic rings. The first-order valence-corrected chi connectivity index (χ1v) is 10.1. The first kappa shape index (κ1) is 17.8. The van der Waals surface area contributed by atoms with Crippen molar-refractivity contribution < 1.29 is 14.6 Å². The number of fused-ring (bicyclic) bond motifs is 4. The van der Waals surface area contributed by atoms with Crippen LogP contribution in [0.25, 0.3) is 11.1 Å². The third-order valence-electron chi connectivity index (χ3n) is 6.24. The molecule has 1 unspecified atom stereocenters. The van der Waals surface area contributed by atoms with E-state index in [9.17, 15) is 9.90 Å². The van der Waals surface area contributed by atoms with E-state index in [-0.39, 0.29) is 23.8 Å². The summed E-state index contributed by atoms with van der Waals surface area (Å²) in [5.74, 6) is 0.285. The number of nitrogens with zero attached hydrogens (tertiary/aromatic N) is 1. The van der Waals surface area contributed by atoms with Crippen LogP contribution in [0.2, 0.25) is 0 Å². The van der Waals surface area contributed by atoms with Gasteiger partial charge in [0.15, 0.2) is 0 Å². The smallest absolute Gasteiger partial charge is 0.410 e. The summed E-state index contributed by atoms with van der Waals surface area (Å²) in [6.45, 7) is 2.93. The molecular weight excluding hydrogens is 362 g/mol. The standard InChI is InChI=1S/C25H23NO3/c1-16-23-14-18(27)11-10-17(23)12-13-26(16)25(28)29-15-24-21-8-4-2-6-19(21)20-7-3-5-9-22(20)24/h2-11,14,16,24,27H,12-13,15H2,1H3. The van der Waals surface area contributed by atoms with Crippen LogP contribution in [-0.2, 0) is 11.2 Å². The highest BCUT2D eigenvalue weighted by Gasteiger charge is 2.32. The van der Waals surface area contributed by atoms with Crippen molar-refractivity contribution in [2.75, 3.05) is 13.2 Å². The van der Waals surface area contributed by atoms with E-state index in [1.807, 2.05) is 37.3 Å². The molecule has 1 heterocycles. The van der Waals surface area contributed by atoms with E-state index in [1.165, 1.54) is 27.8 Å². The van der Waals surface area contributed by atoms with Gasteiger partial charge in [0.1, 0.15) is 12.4 Å². The molecule has 1 amide bonds. The molecule has 29 heavy (non-hydrogen) atoms. The molecule has 4 nitrogen and oxygen atoms in total. The maximum Gasteiger partial charge on any atom is 0.410 e. The Morgan fingerprint density at radius 2 is 1.66 bits per heavy atom. The average Bonchev–Trinajstić information content (AvgIpc) is 3.06. The molecule has 0 saturated carbocycles. The van der Waals surface area contributed by atoms with Gasteiger partial charge in [0.2, 0.25) is 0 Å². The summed E-state index contributed by atoms with van der Waals surface area (Å²) in [6, 6.07) is 21.9. The quantitative estimate of drug-likeness (QED) is 0.655. The number of aromatic hydroxyl groups is 1. The number of hydrogen-bond donors (Lipinski definition) is 1. The molecule has 1 atom stereocenters. The monoisotopic (exact) mass is 385 g/mol. The van der Waals surface area contributed by atoms with Crippen LogP contribution in [0, 0.1) is 0 Å². The zero-order valence-corrected chi connectivity index (χ0v) is 16.3. The summed E-state index contributed by atoms with van der Waals surface area (Å²) in [5, 5.41) is 9.83. The van der Waals surface area contributed by atoms with Crippen LogP contribution in [0.5, 0.6) is 5.75 Å². The van der Waals surface area contributed by atoms with E-state index >= 15 is 0 Å². The number of amides is 1. The minimum absolute atomic E-state index is 0.0581. The molecule has 5 rings (SSSR count). The second kappa shape index (κ2) is 6.96. The highest BCUT2D eigenvalue weighted by Crippen LogP contribution is 2.44. The molecule has 1 aliphatic heterocycles. The Morgan fingerprint density at radius 1 is 1.00 bits per heavy atom. The van der Waals surface area contributed by atoms with Crippen LogP contribution in [0.1, 0.15) is 41.1 Å². The SMILES string of the molecule is CC1c2cc(O)ccc2CCN1C(=O)OCC1c2ccccc2-c2ccccc21. The number of rotatable bonds is 2. The van der Waals surface area contributed by atoms with E-state index in [1.54, 1.807) is 17.0 Å². The van der Waals surface area contributed by atoms with Gasteiger partial charge in [-0.15, -0.1) is 0 Å². The average molecular weight is 385 g/mol. The summed E-state index contributed by atoms with van der Waals surface area (Å²) in [5.41, 5.74) is 7.04. The van der Waals surface area contributed by atoms with Crippen molar-refractivity contribution in [2.24, 2.45) is 0 Å². The van der Waals surface area contributed by atoms with Crippen LogP contribution in [0.3, 0.4) is 0 Å². The molecule has 0 bridgehead atoms. The lowest BCUT2D eigenvalue weighted by atomic mass is 9.93. The Hall–Kier alpha value is -3.27. The van der Waals surface area contributed by atoms with Crippen LogP contribution >= 0.6 is 0 Å². The largest absolute Gasteiger partial charge is 0.508 e. The van der Waals surface area contributed by atoms with Gasteiger partial charge in [-0.2, -0.15) is 0 Å². The molecule has 0 fully saturated rings. The third-order valence-corrected chi connectivity index (χ3v) is 6.24. The van der Waals surface area contributed by atoms with Crippen molar-refractivity contribution in [3.05, 3.63) is 89.0 Å². The Morgan fingerprint density at radius 3 is 2.34 bits per heavy atom. The van der Waals surface area contributed by atoms with Crippen molar-refractivity contribution in [1.82, 2.24) is 4.90 Å². The van der Waals surface area contributed by atoms with Crippen LogP contribution in [0.4, 0.5) is 4.79 Å². The molecule has 0 radical (unpaired) electrons. The number of carbonyl (C=O) groups excluding carboxylic acids is 1. The summed E-state index contributed by atoms with van der Waals surface area (Å²) >= 11 is 0. The molecule has 0 aromatic heterocycles. The van der Waals surface area contributed by atoms with Crippen molar-refractivity contribution in [3.63, 3.8) is 0 Å². The summed E-state index contributed by atoms with van der Waals surface area (Å²) < 4.78 is 5.82. The number of phenolic OH excluding ortho intramolecular Hbond substituents is 1. The second-order valence-electron chi connectivity index (χ2n) is 7.81. The van der Waals surface area contributed by atoms with E-state index in [0.717, 1.165) is 12.0 Å². The lowest BCUT2D eigenvalue weighted by Gasteiger charge is -2.34. The molecule has 146 valence electrons. The van der Waals surface area contributed by atoms with Crippen LogP contribution < -0.4 is 0 Å². The fourth-order valence-corrected chi connectivity index (χ4v) is 4.73. The second-order valence-corrected chi connectivity index (χ2v) is 7.81. The van der Waals surface area contributed by atoms with Gasteiger partial charge < -0.3 is 14.7 Å². The van der Waals surface area contributed by atoms with E-state index in [2.05, 4.69) is 24.3 Å². The predicted molar refractivity (Wildman–Crippen MR) is 112 cm³/mol. The van der Waals surface area contributed by atoms with E-state index in [4.69, 9.17) is 4.74 Å². The zero-order valence-electron chi connectivity index (χ0n) is 16.3. The predicted octanol–water partition coefficient (Wildman–Crippen LogP) is 5.26. The third kappa shape index (κ3) is 2.96. The van der Waals surface area contributed by atoms with Gasteiger partial charge in [-0.3, -0.25) is 0 Å². The Balaban J connectivity index is 1.35. The van der Waals surface area contributed by atoms with Crippen LogP contribution in [0.15, 0.2) is 66.7 Å². The molecule has 3 aromatic carbocycles. The van der Waals surface area contributed by atoms with Crippen molar-refractivity contribution in [2.45, 2.75) is 25.3 Å². The first-order chi connectivity index (χ1) is 14.1. The highest BCUT2D eigenvalue weighted by atomic mass is 16.6. The van der Waals surface area contributed by atoms with Crippen molar-refractivity contribution in [1.29, 1.82) is 0 Å². The first-order valence-electron chi connectivity index (χ1n) is 10.1. The lowest BCUT2D eigenvalue weighted by molar-refractivity contribution is 0.0836. The van der Waals surface area contributed by atoms with Gasteiger partial charge in [0.05, 0.1) is 6.04 Å². The number of hydrogen-bond acceptors (Lipinski definition) is 3. The summed E-state index contributed by atoms with van der Waals surface area (Å²) in [6.07, 6.45) is 0.470. The minimum Gasteiger partial charge on any atom is -0.508 e. The molecular formula is C25H23NO3. The van der Waals surface area contributed by atoms with Gasteiger partial charge in [0, 0.05) is 12.5 Å². The maximum absolute atomic E-state index is 12.9. The number of carbonyl (C=O) groups is 1. The number of phenols is 1. The van der Waals surface area contributed by atoms with Gasteiger partial charge in [-0.25, -0.2) is 4.79 Å². The Kier molecular flexibility index (Phi) is 4.27. The number of benzene rings is 3. The number of ether oxygens (including phenoxy) is 1. The molecule has 3 aromatic rings. The molecule has 0 spiro atoms. The zero-order chi connectivity index (χ0) is 20.0. The van der Waals surface area contributed by atoms with Gasteiger partial charge in [-0.05, 0) is 58.9 Å². The van der Waals surface area contributed by atoms with E-state index < -0.39 is 0 Å². The van der Waals surface area contributed by atoms with Gasteiger partial charge in [-0.1, -0.05) is 54.6 Å². The minimum atomic E-state index is -0.298. The maximum atomic E-state index is 12.9. The van der Waals surface area contributed by atoms with E-state index in [0.29, 0.717) is 13.2 Å². The molecule has 1 N–H and O–H groups in total. The molecule has 1 aliphatic carbocycles. The Labute approximate surface area is 170 Å². The molecule has 0 saturated heterocycles.